The summed E-state index contributed by atoms with van der Waals surface area (Å²) >= 11 is 0. The Kier molecular flexibility index (Phi) is 8.29. The molecule has 2 atom stereocenters. The topological polar surface area (TPSA) is 93.8 Å². The zero-order valence-electron chi connectivity index (χ0n) is 16.6. The Labute approximate surface area is 166 Å². The molecule has 2 unspecified atom stereocenters. The summed E-state index contributed by atoms with van der Waals surface area (Å²) in [4.78, 5) is 11.5. The van der Waals surface area contributed by atoms with Crippen LogP contribution in [-0.4, -0.2) is 42.4 Å². The Morgan fingerprint density at radius 2 is 1.82 bits per heavy atom. The van der Waals surface area contributed by atoms with Crippen LogP contribution in [0, 0.1) is 0 Å². The number of hydrogen-bond acceptors (Lipinski definition) is 5. The van der Waals surface area contributed by atoms with Crippen LogP contribution in [0.15, 0.2) is 54.6 Å². The van der Waals surface area contributed by atoms with Crippen molar-refractivity contribution in [2.24, 2.45) is 5.73 Å². The first-order valence-corrected chi connectivity index (χ1v) is 9.57. The van der Waals surface area contributed by atoms with Crippen LogP contribution in [0.3, 0.4) is 0 Å². The van der Waals surface area contributed by atoms with Gasteiger partial charge in [-0.05, 0) is 56.1 Å². The van der Waals surface area contributed by atoms with Gasteiger partial charge in [0, 0.05) is 6.54 Å². The number of carbonyl (C=O) groups is 1. The highest BCUT2D eigenvalue weighted by Crippen LogP contribution is 2.21. The summed E-state index contributed by atoms with van der Waals surface area (Å²) in [6.07, 6.45) is 0.745. The fourth-order valence-corrected chi connectivity index (χ4v) is 2.55. The summed E-state index contributed by atoms with van der Waals surface area (Å²) in [6.45, 7) is 5.00. The number of carbonyl (C=O) groups excluding carboxylic acids is 1. The third kappa shape index (κ3) is 6.87. The lowest BCUT2D eigenvalue weighted by Gasteiger charge is -2.26. The highest BCUT2D eigenvalue weighted by molar-refractivity contribution is 5.83. The van der Waals surface area contributed by atoms with Crippen molar-refractivity contribution in [1.29, 1.82) is 0 Å². The number of amides is 1. The first kappa shape index (κ1) is 21.7. The highest BCUT2D eigenvalue weighted by atomic mass is 16.5. The monoisotopic (exact) mass is 386 g/mol. The van der Waals surface area contributed by atoms with Crippen LogP contribution >= 0.6 is 0 Å². The standard InChI is InChI=1S/C22H30N2O4/c1-3-22(2,21(23)26)28-20-11-9-17(10-12-20)13-14-24-15-18(25)16-27-19-7-5-4-6-8-19/h4-12,18,24-25H,3,13-16H2,1-2H3,(H2,23,26). The molecule has 0 aliphatic carbocycles. The second-order valence-corrected chi connectivity index (χ2v) is 6.93. The lowest BCUT2D eigenvalue weighted by Crippen LogP contribution is -2.45. The number of hydrogen-bond donors (Lipinski definition) is 3. The van der Waals surface area contributed by atoms with Gasteiger partial charge in [0.1, 0.15) is 24.2 Å². The number of nitrogens with one attached hydrogen (secondary N) is 1. The van der Waals surface area contributed by atoms with E-state index in [9.17, 15) is 9.90 Å². The van der Waals surface area contributed by atoms with Gasteiger partial charge in [-0.1, -0.05) is 37.3 Å². The first-order valence-electron chi connectivity index (χ1n) is 9.57. The second-order valence-electron chi connectivity index (χ2n) is 6.93. The highest BCUT2D eigenvalue weighted by Gasteiger charge is 2.31. The summed E-state index contributed by atoms with van der Waals surface area (Å²) in [5, 5.41) is 13.2. The van der Waals surface area contributed by atoms with Gasteiger partial charge in [0.05, 0.1) is 0 Å². The normalized spacial score (nSPS) is 14.1. The van der Waals surface area contributed by atoms with Crippen molar-refractivity contribution >= 4 is 5.91 Å². The predicted molar refractivity (Wildman–Crippen MR) is 109 cm³/mol. The van der Waals surface area contributed by atoms with E-state index in [2.05, 4.69) is 5.32 Å². The fourth-order valence-electron chi connectivity index (χ4n) is 2.55. The van der Waals surface area contributed by atoms with Crippen LogP contribution in [0.25, 0.3) is 0 Å². The van der Waals surface area contributed by atoms with E-state index in [1.807, 2.05) is 61.5 Å². The first-order chi connectivity index (χ1) is 13.4. The summed E-state index contributed by atoms with van der Waals surface area (Å²) < 4.78 is 11.3. The van der Waals surface area contributed by atoms with Gasteiger partial charge >= 0.3 is 0 Å². The molecule has 0 aromatic heterocycles. The van der Waals surface area contributed by atoms with Crippen molar-refractivity contribution in [2.45, 2.75) is 38.4 Å². The Balaban J connectivity index is 1.68. The lowest BCUT2D eigenvalue weighted by molar-refractivity contribution is -0.132. The quantitative estimate of drug-likeness (QED) is 0.487. The molecule has 28 heavy (non-hydrogen) atoms. The maximum Gasteiger partial charge on any atom is 0.261 e. The number of primary amides is 1. The van der Waals surface area contributed by atoms with Crippen LogP contribution in [0.1, 0.15) is 25.8 Å². The van der Waals surface area contributed by atoms with Crippen LogP contribution in [0.4, 0.5) is 0 Å². The average Bonchev–Trinajstić information content (AvgIpc) is 2.71. The van der Waals surface area contributed by atoms with Crippen LogP contribution in [-0.2, 0) is 11.2 Å². The van der Waals surface area contributed by atoms with Gasteiger partial charge in [-0.3, -0.25) is 4.79 Å². The van der Waals surface area contributed by atoms with Crippen molar-refractivity contribution in [1.82, 2.24) is 5.32 Å². The molecule has 6 nitrogen and oxygen atoms in total. The molecule has 0 saturated carbocycles. The molecule has 0 heterocycles. The Bertz CT molecular complexity index is 721. The fraction of sp³-hybridized carbons (Fsp3) is 0.409. The molecule has 0 fully saturated rings. The van der Waals surface area contributed by atoms with Crippen molar-refractivity contribution < 1.29 is 19.4 Å². The van der Waals surface area contributed by atoms with Crippen molar-refractivity contribution in [3.05, 3.63) is 60.2 Å². The summed E-state index contributed by atoms with van der Waals surface area (Å²) in [7, 11) is 0. The largest absolute Gasteiger partial charge is 0.491 e. The Morgan fingerprint density at radius 3 is 2.43 bits per heavy atom. The van der Waals surface area contributed by atoms with Crippen molar-refractivity contribution in [3.8, 4) is 11.5 Å². The second kappa shape index (κ2) is 10.7. The Hall–Kier alpha value is -2.57. The van der Waals surface area contributed by atoms with Gasteiger partial charge in [-0.15, -0.1) is 0 Å². The number of ether oxygens (including phenoxy) is 2. The number of aliphatic hydroxyl groups excluding tert-OH is 1. The minimum absolute atomic E-state index is 0.249. The maximum absolute atomic E-state index is 11.5. The molecule has 2 aromatic rings. The van der Waals surface area contributed by atoms with E-state index < -0.39 is 17.6 Å². The van der Waals surface area contributed by atoms with Crippen LogP contribution in [0.2, 0.25) is 0 Å². The molecular formula is C22H30N2O4. The van der Waals surface area contributed by atoms with Gasteiger partial charge in [-0.2, -0.15) is 0 Å². The van der Waals surface area contributed by atoms with Gasteiger partial charge in [0.15, 0.2) is 5.60 Å². The molecule has 0 spiro atoms. The van der Waals surface area contributed by atoms with E-state index in [0.29, 0.717) is 18.7 Å². The van der Waals surface area contributed by atoms with Gasteiger partial charge in [0.2, 0.25) is 0 Å². The zero-order valence-corrected chi connectivity index (χ0v) is 16.6. The molecule has 4 N–H and O–H groups in total. The molecular weight excluding hydrogens is 356 g/mol. The van der Waals surface area contributed by atoms with E-state index in [-0.39, 0.29) is 6.61 Å². The van der Waals surface area contributed by atoms with Crippen molar-refractivity contribution in [3.63, 3.8) is 0 Å². The molecule has 0 aliphatic heterocycles. The summed E-state index contributed by atoms with van der Waals surface area (Å²) in [6, 6.07) is 17.0. The summed E-state index contributed by atoms with van der Waals surface area (Å²) in [5.41, 5.74) is 5.55. The number of nitrogens with two attached hydrogens (primary N) is 1. The minimum Gasteiger partial charge on any atom is -0.491 e. The average molecular weight is 386 g/mol. The number of rotatable bonds is 12. The van der Waals surface area contributed by atoms with Crippen LogP contribution < -0.4 is 20.5 Å². The minimum atomic E-state index is -0.999. The summed E-state index contributed by atoms with van der Waals surface area (Å²) in [5.74, 6) is 0.894. The molecule has 0 saturated heterocycles. The van der Waals surface area contributed by atoms with Crippen molar-refractivity contribution in [2.75, 3.05) is 19.7 Å². The molecule has 2 rings (SSSR count). The smallest absolute Gasteiger partial charge is 0.261 e. The Morgan fingerprint density at radius 1 is 1.14 bits per heavy atom. The number of benzene rings is 2. The van der Waals surface area contributed by atoms with E-state index in [1.165, 1.54) is 0 Å². The van der Waals surface area contributed by atoms with E-state index in [4.69, 9.17) is 15.2 Å². The molecule has 152 valence electrons. The van der Waals surface area contributed by atoms with Crippen LogP contribution in [0.5, 0.6) is 11.5 Å². The maximum atomic E-state index is 11.5. The molecule has 0 bridgehead atoms. The third-order valence-corrected chi connectivity index (χ3v) is 4.62. The molecule has 6 heteroatoms. The van der Waals surface area contributed by atoms with E-state index in [0.717, 1.165) is 24.3 Å². The van der Waals surface area contributed by atoms with E-state index in [1.54, 1.807) is 6.92 Å². The van der Waals surface area contributed by atoms with E-state index >= 15 is 0 Å². The third-order valence-electron chi connectivity index (χ3n) is 4.62. The van der Waals surface area contributed by atoms with Gasteiger partial charge in [-0.25, -0.2) is 0 Å². The zero-order chi connectivity index (χ0) is 20.4. The molecule has 0 radical (unpaired) electrons. The SMILES string of the molecule is CCC(C)(Oc1ccc(CCNCC(O)COc2ccccc2)cc1)C(N)=O. The number of aliphatic hydroxyl groups is 1. The number of para-hydroxylation sites is 1. The lowest BCUT2D eigenvalue weighted by atomic mass is 10.0. The molecule has 2 aromatic carbocycles. The molecule has 1 amide bonds. The molecule has 0 aliphatic rings. The van der Waals surface area contributed by atoms with Gasteiger partial charge in [0.25, 0.3) is 5.91 Å². The van der Waals surface area contributed by atoms with Gasteiger partial charge < -0.3 is 25.6 Å². The predicted octanol–water partition coefficient (Wildman–Crippen LogP) is 2.29.